The molecule has 8 nitrogen and oxygen atoms in total. The Bertz CT molecular complexity index is 1520. The van der Waals surface area contributed by atoms with Gasteiger partial charge < -0.3 is 0 Å². The van der Waals surface area contributed by atoms with Gasteiger partial charge in [-0.25, -0.2) is 4.98 Å². The van der Waals surface area contributed by atoms with Crippen LogP contribution in [0.25, 0.3) is 10.4 Å². The number of alkyl halides is 1. The first-order valence-electron chi connectivity index (χ1n) is 16.7. The van der Waals surface area contributed by atoms with Gasteiger partial charge in [0.05, 0.1) is 16.1 Å². The number of hydrogen-bond donors (Lipinski definition) is 3. The van der Waals surface area contributed by atoms with Gasteiger partial charge in [-0.3, -0.25) is 0 Å². The van der Waals surface area contributed by atoms with E-state index in [2.05, 4.69) is 39.9 Å². The van der Waals surface area contributed by atoms with Crippen molar-refractivity contribution in [1.82, 2.24) is 20.5 Å². The molecular weight excluding hydrogens is 723 g/mol. The van der Waals surface area contributed by atoms with E-state index < -0.39 is 44.8 Å². The third kappa shape index (κ3) is 9.00. The van der Waals surface area contributed by atoms with E-state index in [1.807, 2.05) is 70.5 Å². The Morgan fingerprint density at radius 3 is 2.36 bits per heavy atom. The molecule has 1 aromatic heterocycles. The Hall–Kier alpha value is -2.83. The number of aliphatic hydroxyl groups is 1. The van der Waals surface area contributed by atoms with Crippen molar-refractivity contribution in [2.24, 2.45) is 5.41 Å². The van der Waals surface area contributed by atoms with E-state index in [-0.39, 0.29) is 34.7 Å². The van der Waals surface area contributed by atoms with Crippen molar-refractivity contribution in [3.05, 3.63) is 76.9 Å². The van der Waals surface area contributed by atoms with Crippen molar-refractivity contribution < 1.29 is 40.7 Å². The summed E-state index contributed by atoms with van der Waals surface area (Å²) in [5.74, 6) is -0.155. The van der Waals surface area contributed by atoms with Crippen LogP contribution in [0.3, 0.4) is 0 Å². The zero-order valence-corrected chi connectivity index (χ0v) is 31.0. The van der Waals surface area contributed by atoms with Crippen LogP contribution in [-0.2, 0) is 9.59 Å². The molecule has 2 aromatic carbocycles. The number of carbonyl (C=O) groups excluding carboxylic acids is 3. The van der Waals surface area contributed by atoms with Crippen molar-refractivity contribution in [3.63, 3.8) is 0 Å². The number of likely N-dealkylation sites (tertiary alicyclic amines) is 1. The molecule has 1 aliphatic heterocycles. The number of carbonyl (C=O) groups is 3. The summed E-state index contributed by atoms with van der Waals surface area (Å²) in [5.41, 5.74) is 5.61. The van der Waals surface area contributed by atoms with Crippen molar-refractivity contribution in [2.75, 3.05) is 6.54 Å². The third-order valence-corrected chi connectivity index (χ3v) is 13.3. The first kappa shape index (κ1) is 35.5. The van der Waals surface area contributed by atoms with Gasteiger partial charge in [0.1, 0.15) is 0 Å². The summed E-state index contributed by atoms with van der Waals surface area (Å²) in [6.45, 7) is 9.78. The third-order valence-electron chi connectivity index (χ3n) is 9.40. The second-order valence-electron chi connectivity index (χ2n) is 14.1. The van der Waals surface area contributed by atoms with Gasteiger partial charge in [0.15, 0.2) is 0 Å². The molecule has 2 heterocycles. The Balaban J connectivity index is 1.23. The molecule has 1 aliphatic carbocycles. The van der Waals surface area contributed by atoms with Crippen molar-refractivity contribution in [3.8, 4) is 10.4 Å². The van der Waals surface area contributed by atoms with Crippen molar-refractivity contribution >= 4 is 27.1 Å². The molecule has 3 amide bonds. The molecule has 0 bridgehead atoms. The fourth-order valence-electron chi connectivity index (χ4n) is 6.73. The number of aliphatic hydroxyl groups excluding tert-OH is 1. The molecule has 1 saturated heterocycles. The zero-order chi connectivity index (χ0) is 33.7. The molecule has 2 aliphatic rings. The van der Waals surface area contributed by atoms with E-state index in [1.165, 1.54) is 16.9 Å². The number of nitrogens with zero attached hydrogens (tertiary/aromatic N) is 2. The molecule has 47 heavy (non-hydrogen) atoms. The normalized spacial score (nSPS) is 23.1. The molecule has 3 aromatic rings. The minimum atomic E-state index is -0.857. The van der Waals surface area contributed by atoms with Crippen molar-refractivity contribution in [2.45, 2.75) is 107 Å². The summed E-state index contributed by atoms with van der Waals surface area (Å²) < 4.78 is 0.327. The molecule has 3 N–H and O–H groups in total. The zero-order valence-electron chi connectivity index (χ0n) is 28.0. The molecule has 0 radical (unpaired) electrons. The fraction of sp³-hybridized carbons (Fsp3) is 0.514. The predicted octanol–water partition coefficient (Wildman–Crippen LogP) is 3.59. The van der Waals surface area contributed by atoms with Crippen LogP contribution in [0.2, 0.25) is 0 Å². The monoisotopic (exact) mass is 771 g/mol. The molecule has 2 fully saturated rings. The second kappa shape index (κ2) is 15.6. The molecule has 2 unspecified atom stereocenters. The Labute approximate surface area is 293 Å². The van der Waals surface area contributed by atoms with E-state index in [9.17, 15) is 19.5 Å². The summed E-state index contributed by atoms with van der Waals surface area (Å²) >= 11 is 0.740. The Morgan fingerprint density at radius 2 is 1.70 bits per heavy atom. The molecule has 0 spiro atoms. The molecule has 10 heteroatoms. The van der Waals surface area contributed by atoms with Crippen LogP contribution >= 0.6 is 11.3 Å². The van der Waals surface area contributed by atoms with Gasteiger partial charge in [-0.1, -0.05) is 0 Å². The minimum absolute atomic E-state index is 0.0258. The number of halogens is 1. The van der Waals surface area contributed by atoms with Gasteiger partial charge in [0, 0.05) is 0 Å². The van der Waals surface area contributed by atoms with Gasteiger partial charge in [0.2, 0.25) is 0 Å². The van der Waals surface area contributed by atoms with Crippen LogP contribution in [0.15, 0.2) is 60.1 Å². The van der Waals surface area contributed by atoms with Crippen LogP contribution in [0.1, 0.15) is 95.0 Å². The number of benzene rings is 2. The van der Waals surface area contributed by atoms with Crippen LogP contribution < -0.4 is 31.8 Å². The van der Waals surface area contributed by atoms with Crippen LogP contribution in [0.5, 0.6) is 0 Å². The van der Waals surface area contributed by atoms with Crippen LogP contribution in [-0.4, -0.2) is 59.4 Å². The topological polar surface area (TPSA) is 112 Å². The summed E-state index contributed by atoms with van der Waals surface area (Å²) in [7, 11) is 0. The molecule has 6 atom stereocenters. The van der Waals surface area contributed by atoms with Gasteiger partial charge >= 0.3 is 250 Å². The second-order valence-corrected chi connectivity index (χ2v) is 18.3. The number of aryl methyl sites for hydroxylation is 1. The summed E-state index contributed by atoms with van der Waals surface area (Å²) in [5, 5.41) is 16.8. The predicted molar refractivity (Wildman–Crippen MR) is 183 cm³/mol. The number of aromatic nitrogens is 1. The first-order chi connectivity index (χ1) is 22.4. The average Bonchev–Trinajstić information content (AvgIpc) is 3.57. The Morgan fingerprint density at radius 1 is 1.00 bits per heavy atom. The summed E-state index contributed by atoms with van der Waals surface area (Å²) in [6, 6.07) is 16.7. The summed E-state index contributed by atoms with van der Waals surface area (Å²) in [6.07, 6.45) is 4.84. The van der Waals surface area contributed by atoms with Gasteiger partial charge in [-0.2, -0.15) is 0 Å². The number of nitrogens with one attached hydrogen (secondary N) is 2. The first-order valence-corrected chi connectivity index (χ1v) is 19.9. The number of amides is 3. The van der Waals surface area contributed by atoms with E-state index in [0.717, 1.165) is 47.4 Å². The van der Waals surface area contributed by atoms with E-state index in [4.69, 9.17) is 0 Å². The van der Waals surface area contributed by atoms with Gasteiger partial charge in [-0.05, 0) is 12.5 Å². The Kier molecular flexibility index (Phi) is 11.8. The average molecular weight is 772 g/mol. The standard InChI is InChI=1S/C37H48IN4O4S/c1-23(25-15-17-27(18-16-25)32-24(2)39-22-47-32)40-34(44)31-20-30(43)21-42(31)35(45)33(37(3,4)5)41-36(46)38-29-14-10-9-13-28(19-29)26-11-7-6-8-12-26/h6-8,11-12,15-18,22-23,28-31,33,43H,9-10,13-14,19-21H2,1-5H3,(H,40,44)(H,41,46)/q-1/t23-,28?,29?,30+,31-,33+/m0/s1. The molecule has 1 saturated carbocycles. The van der Waals surface area contributed by atoms with Crippen molar-refractivity contribution in [1.29, 1.82) is 0 Å². The van der Waals surface area contributed by atoms with Gasteiger partial charge in [-0.15, -0.1) is 11.3 Å². The van der Waals surface area contributed by atoms with E-state index in [0.29, 0.717) is 9.84 Å². The quantitative estimate of drug-likeness (QED) is 0.101. The number of rotatable bonds is 9. The maximum atomic E-state index is 14.1. The van der Waals surface area contributed by atoms with Crippen LogP contribution in [0.4, 0.5) is 4.79 Å². The summed E-state index contributed by atoms with van der Waals surface area (Å²) in [4.78, 5) is 48.3. The van der Waals surface area contributed by atoms with E-state index in [1.54, 1.807) is 11.3 Å². The molecule has 254 valence electrons. The van der Waals surface area contributed by atoms with Gasteiger partial charge in [0.25, 0.3) is 0 Å². The van der Waals surface area contributed by atoms with E-state index >= 15 is 0 Å². The number of β-amino-alcohol motifs (C(OH)–C–C–N with tert-alkyl or cyclic N) is 1. The number of thiazole rings is 1. The maximum absolute atomic E-state index is 14.1. The SMILES string of the molecule is Cc1ncsc1-c1ccc([C@H](C)NC(=O)[C@@H]2C[C@@H](O)CN2C(=O)[C@@H](NC(=O)[I-]C2CCCCC(c3ccccc3)C2)C(C)(C)C)cc1. The fourth-order valence-corrected chi connectivity index (χ4v) is 10.5. The molecule has 5 rings (SSSR count). The molecular formula is C37H48IN4O4S-. The number of hydrogen-bond acceptors (Lipinski definition) is 6. The van der Waals surface area contributed by atoms with Crippen LogP contribution in [0, 0.1) is 12.3 Å².